The smallest absolute Gasteiger partial charge is 0.253 e. The number of amides is 2. The van der Waals surface area contributed by atoms with Gasteiger partial charge in [0.25, 0.3) is 11.8 Å². The van der Waals surface area contributed by atoms with Gasteiger partial charge in [-0.3, -0.25) is 9.59 Å². The van der Waals surface area contributed by atoms with Gasteiger partial charge >= 0.3 is 0 Å². The Balaban J connectivity index is 1.81. The molecular weight excluding hydrogens is 476 g/mol. The fourth-order valence-electron chi connectivity index (χ4n) is 4.63. The molecule has 3 N–H and O–H groups in total. The lowest BCUT2D eigenvalue weighted by molar-refractivity contribution is 0.0755. The molecule has 8 heteroatoms. The molecule has 1 aliphatic carbocycles. The maximum absolute atomic E-state index is 13.8. The van der Waals surface area contributed by atoms with E-state index >= 15 is 0 Å². The Bertz CT molecular complexity index is 1050. The third-order valence-corrected chi connectivity index (χ3v) is 6.74. The number of benzene rings is 2. The number of hydrogen-bond donors (Lipinski definition) is 3. The van der Waals surface area contributed by atoms with E-state index in [4.69, 9.17) is 0 Å². The minimum Gasteiger partial charge on any atom is -0.390 e. The first kappa shape index (κ1) is 28.7. The van der Waals surface area contributed by atoms with Gasteiger partial charge in [0.15, 0.2) is 0 Å². The van der Waals surface area contributed by atoms with Gasteiger partial charge in [0, 0.05) is 42.9 Å². The summed E-state index contributed by atoms with van der Waals surface area (Å²) in [6.07, 6.45) is 3.94. The monoisotopic (exact) mass is 515 g/mol. The number of nitrogens with one attached hydrogen (secondary N) is 2. The Labute approximate surface area is 218 Å². The standard InChI is InChI=1S/C29H39F2N3O3/c1-4-9-34(10-5-2)29(37)22-12-19(3)11-21(16-22)28(36)33-26(27(35)18-32-25-7-6-8-25)15-20-13-23(30)17-24(31)14-20/h11-14,16-17,25-27,32,35H,4-10,15,18H2,1-3H3,(H,33,36)/t26-,27+/m0/s1. The van der Waals surface area contributed by atoms with Gasteiger partial charge < -0.3 is 20.6 Å². The average Bonchev–Trinajstić information content (AvgIpc) is 2.81. The van der Waals surface area contributed by atoms with Crippen LogP contribution in [0.25, 0.3) is 0 Å². The number of rotatable bonds is 13. The van der Waals surface area contributed by atoms with Gasteiger partial charge in [0.05, 0.1) is 12.1 Å². The number of aliphatic hydroxyl groups excluding tert-OH is 1. The maximum atomic E-state index is 13.8. The van der Waals surface area contributed by atoms with Crippen molar-refractivity contribution in [1.82, 2.24) is 15.5 Å². The van der Waals surface area contributed by atoms with Crippen LogP contribution < -0.4 is 10.6 Å². The number of halogens is 2. The van der Waals surface area contributed by atoms with Crippen molar-refractivity contribution in [3.63, 3.8) is 0 Å². The fourth-order valence-corrected chi connectivity index (χ4v) is 4.63. The SMILES string of the molecule is CCCN(CCC)C(=O)c1cc(C)cc(C(=O)N[C@@H](Cc2cc(F)cc(F)c2)[C@H](O)CNC2CCC2)c1. The highest BCUT2D eigenvalue weighted by Gasteiger charge is 2.26. The summed E-state index contributed by atoms with van der Waals surface area (Å²) in [7, 11) is 0. The van der Waals surface area contributed by atoms with Crippen LogP contribution in [0.3, 0.4) is 0 Å². The summed E-state index contributed by atoms with van der Waals surface area (Å²) in [5.74, 6) is -2.02. The number of carbonyl (C=O) groups is 2. The van der Waals surface area contributed by atoms with E-state index in [1.54, 1.807) is 23.1 Å². The van der Waals surface area contributed by atoms with E-state index < -0.39 is 29.7 Å². The van der Waals surface area contributed by atoms with Crippen LogP contribution in [0.2, 0.25) is 0 Å². The van der Waals surface area contributed by atoms with Crippen molar-refractivity contribution in [2.24, 2.45) is 0 Å². The zero-order valence-electron chi connectivity index (χ0n) is 22.0. The normalized spacial score (nSPS) is 15.1. The molecule has 1 saturated carbocycles. The van der Waals surface area contributed by atoms with Crippen molar-refractivity contribution in [3.05, 3.63) is 70.3 Å². The molecule has 2 aromatic carbocycles. The van der Waals surface area contributed by atoms with Crippen LogP contribution in [0.4, 0.5) is 8.78 Å². The van der Waals surface area contributed by atoms with Crippen molar-refractivity contribution < 1.29 is 23.5 Å². The predicted octanol–water partition coefficient (Wildman–Crippen LogP) is 4.38. The van der Waals surface area contributed by atoms with E-state index in [-0.39, 0.29) is 18.9 Å². The van der Waals surface area contributed by atoms with Gasteiger partial charge in [-0.15, -0.1) is 0 Å². The molecule has 2 aromatic rings. The molecule has 0 radical (unpaired) electrons. The van der Waals surface area contributed by atoms with Gasteiger partial charge in [0.2, 0.25) is 0 Å². The molecule has 0 saturated heterocycles. The number of nitrogens with zero attached hydrogens (tertiary/aromatic N) is 1. The van der Waals surface area contributed by atoms with Gasteiger partial charge in [-0.25, -0.2) is 8.78 Å². The van der Waals surface area contributed by atoms with E-state index in [9.17, 15) is 23.5 Å². The quantitative estimate of drug-likeness (QED) is 0.370. The highest BCUT2D eigenvalue weighted by molar-refractivity contribution is 6.00. The van der Waals surface area contributed by atoms with Gasteiger partial charge in [0.1, 0.15) is 11.6 Å². The van der Waals surface area contributed by atoms with E-state index in [2.05, 4.69) is 10.6 Å². The van der Waals surface area contributed by atoms with Gasteiger partial charge in [-0.1, -0.05) is 20.3 Å². The number of aryl methyl sites for hydroxylation is 1. The lowest BCUT2D eigenvalue weighted by Gasteiger charge is -2.30. The van der Waals surface area contributed by atoms with Crippen molar-refractivity contribution in [1.29, 1.82) is 0 Å². The second-order valence-electron chi connectivity index (χ2n) is 10.0. The third-order valence-electron chi connectivity index (χ3n) is 6.74. The highest BCUT2D eigenvalue weighted by atomic mass is 19.1. The fraction of sp³-hybridized carbons (Fsp3) is 0.517. The minimum atomic E-state index is -0.980. The van der Waals surface area contributed by atoms with Gasteiger partial charge in [-0.2, -0.15) is 0 Å². The first-order chi connectivity index (χ1) is 17.7. The molecule has 2 atom stereocenters. The maximum Gasteiger partial charge on any atom is 0.253 e. The van der Waals surface area contributed by atoms with Crippen LogP contribution >= 0.6 is 0 Å². The van der Waals surface area contributed by atoms with Crippen molar-refractivity contribution in [3.8, 4) is 0 Å². The summed E-state index contributed by atoms with van der Waals surface area (Å²) < 4.78 is 27.6. The zero-order valence-corrected chi connectivity index (χ0v) is 22.0. The summed E-state index contributed by atoms with van der Waals surface area (Å²) in [4.78, 5) is 28.3. The molecular formula is C29H39F2N3O3. The Morgan fingerprint density at radius 1 is 1.00 bits per heavy atom. The van der Waals surface area contributed by atoms with Gasteiger partial charge in [-0.05, 0) is 80.5 Å². The highest BCUT2D eigenvalue weighted by Crippen LogP contribution is 2.19. The molecule has 37 heavy (non-hydrogen) atoms. The number of aliphatic hydroxyl groups is 1. The number of hydrogen-bond acceptors (Lipinski definition) is 4. The minimum absolute atomic E-state index is 0.0479. The second kappa shape index (κ2) is 13.6. The van der Waals surface area contributed by atoms with Crippen LogP contribution in [-0.4, -0.2) is 59.6 Å². The summed E-state index contributed by atoms with van der Waals surface area (Å²) in [5.41, 5.74) is 1.83. The van der Waals surface area contributed by atoms with Crippen molar-refractivity contribution >= 4 is 11.8 Å². The molecule has 1 fully saturated rings. The topological polar surface area (TPSA) is 81.7 Å². The average molecular weight is 516 g/mol. The van der Waals surface area contributed by atoms with Crippen LogP contribution in [0.5, 0.6) is 0 Å². The lowest BCUT2D eigenvalue weighted by Crippen LogP contribution is -2.51. The second-order valence-corrected chi connectivity index (χ2v) is 10.0. The number of carbonyl (C=O) groups excluding carboxylic acids is 2. The zero-order chi connectivity index (χ0) is 26.9. The molecule has 0 aliphatic heterocycles. The molecule has 2 amide bonds. The Morgan fingerprint density at radius 2 is 1.62 bits per heavy atom. The summed E-state index contributed by atoms with van der Waals surface area (Å²) in [5, 5.41) is 17.1. The van der Waals surface area contributed by atoms with Crippen LogP contribution in [0.1, 0.15) is 77.8 Å². The van der Waals surface area contributed by atoms with E-state index in [1.807, 2.05) is 20.8 Å². The van der Waals surface area contributed by atoms with Crippen LogP contribution in [0, 0.1) is 18.6 Å². The third kappa shape index (κ3) is 8.33. The molecule has 0 heterocycles. The first-order valence-electron chi connectivity index (χ1n) is 13.3. The summed E-state index contributed by atoms with van der Waals surface area (Å²) >= 11 is 0. The molecule has 202 valence electrons. The first-order valence-corrected chi connectivity index (χ1v) is 13.3. The molecule has 3 rings (SSSR count). The van der Waals surface area contributed by atoms with Crippen molar-refractivity contribution in [2.75, 3.05) is 19.6 Å². The van der Waals surface area contributed by atoms with E-state index in [0.717, 1.165) is 43.7 Å². The molecule has 1 aliphatic rings. The Hall–Kier alpha value is -2.84. The van der Waals surface area contributed by atoms with E-state index in [1.165, 1.54) is 12.1 Å². The van der Waals surface area contributed by atoms with E-state index in [0.29, 0.717) is 35.8 Å². The van der Waals surface area contributed by atoms with Crippen molar-refractivity contribution in [2.45, 2.75) is 77.5 Å². The molecule has 0 unspecified atom stereocenters. The lowest BCUT2D eigenvalue weighted by atomic mass is 9.92. The van der Waals surface area contributed by atoms with Crippen LogP contribution in [-0.2, 0) is 6.42 Å². The summed E-state index contributed by atoms with van der Waals surface area (Å²) in [6, 6.07) is 7.75. The van der Waals surface area contributed by atoms with Crippen LogP contribution in [0.15, 0.2) is 36.4 Å². The molecule has 0 aromatic heterocycles. The summed E-state index contributed by atoms with van der Waals surface area (Å²) in [6.45, 7) is 7.36. The predicted molar refractivity (Wildman–Crippen MR) is 141 cm³/mol. The Morgan fingerprint density at radius 3 is 2.19 bits per heavy atom. The molecule has 0 spiro atoms. The largest absolute Gasteiger partial charge is 0.390 e. The Kier molecular flexibility index (Phi) is 10.6. The molecule has 6 nitrogen and oxygen atoms in total. The molecule has 0 bridgehead atoms.